The SMILES string of the molecule is CC(C)NC(=O)N[C@H]1C[C@@H](c2cccc(F)c2)[C@]2(c3ccc(Cl)cc3)Oc3cc(CO)cc(CO)c3[C@]12O. The Morgan fingerprint density at radius 2 is 1.87 bits per heavy atom. The largest absolute Gasteiger partial charge is 0.478 e. The number of benzene rings is 3. The van der Waals surface area contributed by atoms with Crippen molar-refractivity contribution in [3.8, 4) is 5.75 Å². The van der Waals surface area contributed by atoms with Crippen molar-refractivity contribution in [2.75, 3.05) is 0 Å². The van der Waals surface area contributed by atoms with Crippen molar-refractivity contribution in [3.05, 3.63) is 99.3 Å². The number of fused-ring (bicyclic) bond motifs is 3. The molecule has 7 nitrogen and oxygen atoms in total. The van der Waals surface area contributed by atoms with Crippen LogP contribution in [-0.4, -0.2) is 33.4 Å². The predicted molar refractivity (Wildman–Crippen MR) is 140 cm³/mol. The summed E-state index contributed by atoms with van der Waals surface area (Å²) in [5.41, 5.74) is -1.09. The average Bonchev–Trinajstić information content (AvgIpc) is 3.28. The maximum Gasteiger partial charge on any atom is 0.315 e. The van der Waals surface area contributed by atoms with Crippen LogP contribution in [0.3, 0.4) is 0 Å². The van der Waals surface area contributed by atoms with Crippen LogP contribution < -0.4 is 15.4 Å². The molecule has 0 radical (unpaired) electrons. The first-order valence-electron chi connectivity index (χ1n) is 12.5. The molecular weight excluding hydrogens is 511 g/mol. The number of rotatable bonds is 6. The number of aliphatic hydroxyl groups is 3. The fourth-order valence-corrected chi connectivity index (χ4v) is 6.27. The quantitative estimate of drug-likeness (QED) is 0.322. The second kappa shape index (κ2) is 9.85. The van der Waals surface area contributed by atoms with Gasteiger partial charge in [-0.05, 0) is 72.9 Å². The molecule has 9 heteroatoms. The number of hydrogen-bond donors (Lipinski definition) is 5. The monoisotopic (exact) mass is 540 g/mol. The van der Waals surface area contributed by atoms with E-state index in [2.05, 4.69) is 10.6 Å². The standard InChI is InChI=1S/C29H30ClFN2O5/c1-16(2)32-27(36)33-25-13-23(18-4-3-5-22(31)12-18)29(20-6-8-21(30)9-7-20)28(25,37)26-19(15-35)10-17(14-34)11-24(26)38-29/h3-12,16,23,25,34-35,37H,13-15H2,1-2H3,(H2,32,33,36)/t23-,25-,28+,29-/m0/s1. The summed E-state index contributed by atoms with van der Waals surface area (Å²) in [4.78, 5) is 13.0. The third kappa shape index (κ3) is 4.03. The molecule has 200 valence electrons. The van der Waals surface area contributed by atoms with Gasteiger partial charge in [-0.3, -0.25) is 0 Å². The molecule has 3 aromatic rings. The summed E-state index contributed by atoms with van der Waals surface area (Å²) >= 11 is 6.21. The van der Waals surface area contributed by atoms with Gasteiger partial charge < -0.3 is 30.7 Å². The number of nitrogens with one attached hydrogen (secondary N) is 2. The van der Waals surface area contributed by atoms with E-state index in [1.807, 2.05) is 13.8 Å². The first kappa shape index (κ1) is 26.4. The van der Waals surface area contributed by atoms with Crippen LogP contribution in [0.15, 0.2) is 60.7 Å². The van der Waals surface area contributed by atoms with E-state index in [1.54, 1.807) is 48.5 Å². The lowest BCUT2D eigenvalue weighted by Crippen LogP contribution is -2.58. The minimum Gasteiger partial charge on any atom is -0.478 e. The lowest BCUT2D eigenvalue weighted by Gasteiger charge is -2.42. The molecule has 0 saturated heterocycles. The summed E-state index contributed by atoms with van der Waals surface area (Å²) in [6, 6.07) is 14.7. The Balaban J connectivity index is 1.80. The third-order valence-electron chi connectivity index (χ3n) is 7.53. The molecule has 1 heterocycles. The zero-order valence-electron chi connectivity index (χ0n) is 21.0. The lowest BCUT2D eigenvalue weighted by molar-refractivity contribution is -0.116. The molecule has 1 saturated carbocycles. The summed E-state index contributed by atoms with van der Waals surface area (Å²) in [6.07, 6.45) is 0.208. The van der Waals surface area contributed by atoms with Gasteiger partial charge in [0.05, 0.1) is 19.3 Å². The fraction of sp³-hybridized carbons (Fsp3) is 0.345. The van der Waals surface area contributed by atoms with E-state index >= 15 is 0 Å². The molecule has 2 aliphatic rings. The minimum atomic E-state index is -1.88. The molecule has 5 rings (SSSR count). The van der Waals surface area contributed by atoms with Crippen molar-refractivity contribution in [1.82, 2.24) is 10.6 Å². The molecule has 1 aliphatic heterocycles. The van der Waals surface area contributed by atoms with E-state index in [9.17, 15) is 24.5 Å². The van der Waals surface area contributed by atoms with Gasteiger partial charge >= 0.3 is 6.03 Å². The second-order valence-electron chi connectivity index (χ2n) is 10.2. The van der Waals surface area contributed by atoms with Crippen molar-refractivity contribution in [2.45, 2.75) is 62.7 Å². The van der Waals surface area contributed by atoms with Crippen LogP contribution in [0, 0.1) is 5.82 Å². The van der Waals surface area contributed by atoms with Gasteiger partial charge in [0, 0.05) is 22.5 Å². The zero-order valence-corrected chi connectivity index (χ0v) is 21.8. The Kier molecular flexibility index (Phi) is 6.86. The predicted octanol–water partition coefficient (Wildman–Crippen LogP) is 4.20. The molecule has 4 atom stereocenters. The summed E-state index contributed by atoms with van der Waals surface area (Å²) < 4.78 is 21.2. The number of urea groups is 1. The van der Waals surface area contributed by atoms with Crippen LogP contribution in [0.4, 0.5) is 9.18 Å². The molecule has 0 spiro atoms. The molecule has 38 heavy (non-hydrogen) atoms. The van der Waals surface area contributed by atoms with Crippen LogP contribution in [0.1, 0.15) is 54.0 Å². The van der Waals surface area contributed by atoms with Gasteiger partial charge in [0.2, 0.25) is 0 Å². The van der Waals surface area contributed by atoms with E-state index < -0.39 is 41.6 Å². The summed E-state index contributed by atoms with van der Waals surface area (Å²) in [7, 11) is 0. The molecule has 3 aromatic carbocycles. The van der Waals surface area contributed by atoms with Gasteiger partial charge in [0.25, 0.3) is 0 Å². The highest BCUT2D eigenvalue weighted by molar-refractivity contribution is 6.30. The van der Waals surface area contributed by atoms with E-state index in [-0.39, 0.29) is 24.8 Å². The normalized spacial score (nSPS) is 25.6. The van der Waals surface area contributed by atoms with Gasteiger partial charge in [-0.25, -0.2) is 9.18 Å². The zero-order chi connectivity index (χ0) is 27.2. The highest BCUT2D eigenvalue weighted by Crippen LogP contribution is 2.67. The van der Waals surface area contributed by atoms with Crippen molar-refractivity contribution in [2.24, 2.45) is 0 Å². The molecule has 5 N–H and O–H groups in total. The van der Waals surface area contributed by atoms with Crippen LogP contribution in [0.2, 0.25) is 5.02 Å². The molecule has 2 amide bonds. The smallest absolute Gasteiger partial charge is 0.315 e. The number of ether oxygens (including phenoxy) is 1. The number of amides is 2. The van der Waals surface area contributed by atoms with E-state index in [4.69, 9.17) is 16.3 Å². The van der Waals surface area contributed by atoms with Crippen LogP contribution in [0.5, 0.6) is 5.75 Å². The van der Waals surface area contributed by atoms with Gasteiger partial charge in [0.15, 0.2) is 11.2 Å². The van der Waals surface area contributed by atoms with Crippen molar-refractivity contribution in [3.63, 3.8) is 0 Å². The van der Waals surface area contributed by atoms with Crippen LogP contribution in [0.25, 0.3) is 0 Å². The number of aliphatic hydroxyl groups excluding tert-OH is 2. The van der Waals surface area contributed by atoms with Gasteiger partial charge in [-0.15, -0.1) is 0 Å². The van der Waals surface area contributed by atoms with Gasteiger partial charge in [-0.1, -0.05) is 41.9 Å². The third-order valence-corrected chi connectivity index (χ3v) is 7.78. The van der Waals surface area contributed by atoms with Crippen molar-refractivity contribution >= 4 is 17.6 Å². The maximum absolute atomic E-state index is 14.5. The first-order valence-corrected chi connectivity index (χ1v) is 12.9. The van der Waals surface area contributed by atoms with E-state index in [0.717, 1.165) is 0 Å². The van der Waals surface area contributed by atoms with E-state index in [0.29, 0.717) is 32.8 Å². The Hall–Kier alpha value is -3.17. The van der Waals surface area contributed by atoms with Crippen LogP contribution in [-0.2, 0) is 24.4 Å². The van der Waals surface area contributed by atoms with Crippen molar-refractivity contribution < 1.29 is 29.2 Å². The van der Waals surface area contributed by atoms with Crippen molar-refractivity contribution in [1.29, 1.82) is 0 Å². The Labute approximate surface area is 225 Å². The summed E-state index contributed by atoms with van der Waals surface area (Å²) in [6.45, 7) is 2.91. The highest BCUT2D eigenvalue weighted by atomic mass is 35.5. The highest BCUT2D eigenvalue weighted by Gasteiger charge is 2.73. The molecule has 0 aromatic heterocycles. The number of carbonyl (C=O) groups excluding carboxylic acids is 1. The number of carbonyl (C=O) groups is 1. The number of hydrogen-bond acceptors (Lipinski definition) is 5. The molecule has 0 bridgehead atoms. The molecule has 0 unspecified atom stereocenters. The van der Waals surface area contributed by atoms with Crippen LogP contribution >= 0.6 is 11.6 Å². The van der Waals surface area contributed by atoms with E-state index in [1.165, 1.54) is 12.1 Å². The fourth-order valence-electron chi connectivity index (χ4n) is 6.14. The number of halogens is 2. The Morgan fingerprint density at radius 1 is 1.13 bits per heavy atom. The Bertz CT molecular complexity index is 1370. The van der Waals surface area contributed by atoms with Gasteiger partial charge in [-0.2, -0.15) is 0 Å². The first-order chi connectivity index (χ1) is 18.1. The molecule has 1 fully saturated rings. The van der Waals surface area contributed by atoms with Gasteiger partial charge in [0.1, 0.15) is 11.6 Å². The summed E-state index contributed by atoms with van der Waals surface area (Å²) in [5, 5.41) is 39.3. The average molecular weight is 541 g/mol. The molecule has 1 aliphatic carbocycles. The second-order valence-corrected chi connectivity index (χ2v) is 10.7. The maximum atomic E-state index is 14.5. The Morgan fingerprint density at radius 3 is 2.50 bits per heavy atom. The topological polar surface area (TPSA) is 111 Å². The molecular formula is C29H30ClFN2O5. The summed E-state index contributed by atoms with van der Waals surface area (Å²) in [5.74, 6) is -0.791. The lowest BCUT2D eigenvalue weighted by atomic mass is 9.70. The minimum absolute atomic E-state index is 0.154.